The molecule has 1 aliphatic heterocycles. The molecule has 2 aromatic rings. The quantitative estimate of drug-likeness (QED) is 0.769. The van der Waals surface area contributed by atoms with Crippen LogP contribution in [-0.2, 0) is 4.74 Å². The van der Waals surface area contributed by atoms with E-state index in [0.717, 1.165) is 0 Å². The maximum absolute atomic E-state index is 11.8. The normalized spacial score (nSPS) is 15.3. The number of ether oxygens (including phenoxy) is 1. The van der Waals surface area contributed by atoms with E-state index in [2.05, 4.69) is 19.9 Å². The van der Waals surface area contributed by atoms with Gasteiger partial charge in [0.1, 0.15) is 0 Å². The molecular formula is C12H14N6O2. The van der Waals surface area contributed by atoms with Gasteiger partial charge < -0.3 is 15.4 Å². The van der Waals surface area contributed by atoms with Crippen LogP contribution in [0.4, 0.5) is 11.9 Å². The van der Waals surface area contributed by atoms with Crippen LogP contribution in [0.1, 0.15) is 0 Å². The number of hydrogen-bond donors (Lipinski definition) is 2. The van der Waals surface area contributed by atoms with Crippen molar-refractivity contribution in [2.24, 2.45) is 0 Å². The lowest BCUT2D eigenvalue weighted by atomic mass is 10.2. The lowest BCUT2D eigenvalue weighted by Crippen LogP contribution is -2.38. The molecule has 1 fully saturated rings. The lowest BCUT2D eigenvalue weighted by molar-refractivity contribution is 0.122. The number of morpholine rings is 1. The van der Waals surface area contributed by atoms with E-state index in [1.807, 2.05) is 4.90 Å². The van der Waals surface area contributed by atoms with Crippen molar-refractivity contribution in [3.05, 3.63) is 28.8 Å². The molecule has 3 heterocycles. The molecule has 8 nitrogen and oxygen atoms in total. The van der Waals surface area contributed by atoms with Crippen LogP contribution in [0, 0.1) is 0 Å². The highest BCUT2D eigenvalue weighted by Gasteiger charge is 2.14. The third kappa shape index (κ3) is 2.59. The predicted octanol–water partition coefficient (Wildman–Crippen LogP) is -0.354. The molecule has 20 heavy (non-hydrogen) atoms. The molecule has 0 amide bonds. The number of nitrogen functional groups attached to an aromatic ring is 1. The number of H-pyrrole nitrogens is 1. The van der Waals surface area contributed by atoms with Gasteiger partial charge in [0, 0.05) is 37.1 Å². The highest BCUT2D eigenvalue weighted by Crippen LogP contribution is 2.16. The molecule has 3 N–H and O–H groups in total. The number of nitrogens with zero attached hydrogens (tertiary/aromatic N) is 4. The van der Waals surface area contributed by atoms with Crippen molar-refractivity contribution < 1.29 is 4.74 Å². The third-order valence-electron chi connectivity index (χ3n) is 3.01. The van der Waals surface area contributed by atoms with Gasteiger partial charge in [-0.2, -0.15) is 0 Å². The minimum Gasteiger partial charge on any atom is -0.378 e. The average molecular weight is 274 g/mol. The topological polar surface area (TPSA) is 110 Å². The van der Waals surface area contributed by atoms with Crippen LogP contribution in [0.5, 0.6) is 0 Å². The van der Waals surface area contributed by atoms with Gasteiger partial charge in [-0.25, -0.2) is 15.0 Å². The first kappa shape index (κ1) is 12.5. The van der Waals surface area contributed by atoms with Crippen molar-refractivity contribution in [1.29, 1.82) is 0 Å². The molecule has 0 unspecified atom stereocenters. The smallest absolute Gasteiger partial charge is 0.252 e. The Balaban J connectivity index is 1.97. The van der Waals surface area contributed by atoms with Gasteiger partial charge in [-0.15, -0.1) is 0 Å². The summed E-state index contributed by atoms with van der Waals surface area (Å²) in [5, 5.41) is 0. The lowest BCUT2D eigenvalue weighted by Gasteiger charge is -2.27. The van der Waals surface area contributed by atoms with Crippen molar-refractivity contribution in [3.8, 4) is 11.3 Å². The zero-order chi connectivity index (χ0) is 13.9. The second-order valence-corrected chi connectivity index (χ2v) is 4.38. The molecule has 104 valence electrons. The van der Waals surface area contributed by atoms with Crippen LogP contribution >= 0.6 is 0 Å². The maximum Gasteiger partial charge on any atom is 0.252 e. The van der Waals surface area contributed by atoms with Crippen molar-refractivity contribution in [2.75, 3.05) is 36.9 Å². The average Bonchev–Trinajstić information content (AvgIpc) is 2.48. The van der Waals surface area contributed by atoms with Gasteiger partial charge in [0.15, 0.2) is 0 Å². The fourth-order valence-electron chi connectivity index (χ4n) is 1.99. The number of hydrogen-bond acceptors (Lipinski definition) is 7. The fraction of sp³-hybridized carbons (Fsp3) is 0.333. The Morgan fingerprint density at radius 1 is 1.25 bits per heavy atom. The number of anilines is 2. The van der Waals surface area contributed by atoms with Crippen molar-refractivity contribution >= 4 is 11.9 Å². The summed E-state index contributed by atoms with van der Waals surface area (Å²) in [6.45, 7) is 2.65. The van der Waals surface area contributed by atoms with E-state index >= 15 is 0 Å². The molecule has 0 radical (unpaired) electrons. The Morgan fingerprint density at radius 2 is 1.95 bits per heavy atom. The first-order valence-corrected chi connectivity index (χ1v) is 6.24. The van der Waals surface area contributed by atoms with Gasteiger partial charge in [-0.1, -0.05) is 0 Å². The first-order valence-electron chi connectivity index (χ1n) is 6.24. The van der Waals surface area contributed by atoms with Gasteiger partial charge in [-0.05, 0) is 0 Å². The molecular weight excluding hydrogens is 260 g/mol. The summed E-state index contributed by atoms with van der Waals surface area (Å²) in [6.07, 6.45) is 3.10. The summed E-state index contributed by atoms with van der Waals surface area (Å²) in [4.78, 5) is 28.8. The van der Waals surface area contributed by atoms with E-state index in [9.17, 15) is 4.79 Å². The number of aromatic amines is 1. The molecule has 0 atom stereocenters. The largest absolute Gasteiger partial charge is 0.378 e. The molecule has 0 saturated carbocycles. The number of aromatic nitrogens is 4. The van der Waals surface area contributed by atoms with Gasteiger partial charge >= 0.3 is 0 Å². The Labute approximate surface area is 114 Å². The monoisotopic (exact) mass is 274 g/mol. The van der Waals surface area contributed by atoms with Crippen molar-refractivity contribution in [2.45, 2.75) is 0 Å². The van der Waals surface area contributed by atoms with E-state index in [-0.39, 0.29) is 11.5 Å². The molecule has 1 aliphatic rings. The van der Waals surface area contributed by atoms with E-state index in [1.165, 1.54) is 6.07 Å². The van der Waals surface area contributed by atoms with Crippen LogP contribution in [0.3, 0.4) is 0 Å². The summed E-state index contributed by atoms with van der Waals surface area (Å²) >= 11 is 0. The molecule has 0 aliphatic carbocycles. The van der Waals surface area contributed by atoms with Crippen LogP contribution in [-0.4, -0.2) is 46.2 Å². The molecule has 0 bridgehead atoms. The van der Waals surface area contributed by atoms with Crippen molar-refractivity contribution in [1.82, 2.24) is 19.9 Å². The third-order valence-corrected chi connectivity index (χ3v) is 3.01. The molecule has 2 aromatic heterocycles. The molecule has 3 rings (SSSR count). The Hall–Kier alpha value is -2.48. The van der Waals surface area contributed by atoms with Crippen molar-refractivity contribution in [3.63, 3.8) is 0 Å². The van der Waals surface area contributed by atoms with E-state index in [0.29, 0.717) is 43.5 Å². The number of nitrogens with one attached hydrogen (secondary N) is 1. The first-order chi connectivity index (χ1) is 9.72. The minimum absolute atomic E-state index is 0.187. The number of nitrogens with two attached hydrogens (primary N) is 1. The SMILES string of the molecule is Nc1ncc(-c2cc(=O)[nH]c(N3CCOCC3)n2)cn1. The highest BCUT2D eigenvalue weighted by atomic mass is 16.5. The number of rotatable bonds is 2. The van der Waals surface area contributed by atoms with E-state index < -0.39 is 0 Å². The maximum atomic E-state index is 11.8. The zero-order valence-electron chi connectivity index (χ0n) is 10.7. The van der Waals surface area contributed by atoms with Gasteiger partial charge in [0.05, 0.1) is 18.9 Å². The predicted molar refractivity (Wildman–Crippen MR) is 73.3 cm³/mol. The molecule has 0 aromatic carbocycles. The second kappa shape index (κ2) is 5.25. The van der Waals surface area contributed by atoms with Crippen LogP contribution < -0.4 is 16.2 Å². The second-order valence-electron chi connectivity index (χ2n) is 4.38. The zero-order valence-corrected chi connectivity index (χ0v) is 10.7. The molecule has 8 heteroatoms. The van der Waals surface area contributed by atoms with Gasteiger partial charge in [0.25, 0.3) is 5.56 Å². The van der Waals surface area contributed by atoms with Gasteiger partial charge in [0.2, 0.25) is 11.9 Å². The Kier molecular flexibility index (Phi) is 3.30. The van der Waals surface area contributed by atoms with Crippen LogP contribution in [0.15, 0.2) is 23.3 Å². The molecule has 0 spiro atoms. The highest BCUT2D eigenvalue weighted by molar-refractivity contribution is 5.58. The standard InChI is InChI=1S/C12H14N6O2/c13-11-14-6-8(7-15-11)9-5-10(19)17-12(16-9)18-1-3-20-4-2-18/h5-7H,1-4H2,(H2,13,14,15)(H,16,17,19). The van der Waals surface area contributed by atoms with E-state index in [1.54, 1.807) is 12.4 Å². The Morgan fingerprint density at radius 3 is 2.65 bits per heavy atom. The van der Waals surface area contributed by atoms with Crippen LogP contribution in [0.2, 0.25) is 0 Å². The summed E-state index contributed by atoms with van der Waals surface area (Å²) in [7, 11) is 0. The van der Waals surface area contributed by atoms with E-state index in [4.69, 9.17) is 10.5 Å². The minimum atomic E-state index is -0.215. The summed E-state index contributed by atoms with van der Waals surface area (Å²) in [6, 6.07) is 1.42. The molecule has 1 saturated heterocycles. The summed E-state index contributed by atoms with van der Waals surface area (Å²) in [5.41, 5.74) is 6.41. The van der Waals surface area contributed by atoms with Crippen LogP contribution in [0.25, 0.3) is 11.3 Å². The summed E-state index contributed by atoms with van der Waals surface area (Å²) in [5.74, 6) is 0.722. The fourth-order valence-corrected chi connectivity index (χ4v) is 1.99. The van der Waals surface area contributed by atoms with Gasteiger partial charge in [-0.3, -0.25) is 9.78 Å². The summed E-state index contributed by atoms with van der Waals surface area (Å²) < 4.78 is 5.28. The Bertz CT molecular complexity index is 648.